The number of piperidine rings is 1. The SMILES string of the molecule is CCN(CC)CCNC(=O)c1ccc(N2[C@@H]3CC[C@H]2CC(NC(=O)c2ccc4c(c2C)OCC4)C3)nc1. The third-order valence-corrected chi connectivity index (χ3v) is 8.30. The average molecular weight is 506 g/mol. The molecule has 2 fully saturated rings. The van der Waals surface area contributed by atoms with Gasteiger partial charge < -0.3 is 25.2 Å². The van der Waals surface area contributed by atoms with E-state index < -0.39 is 0 Å². The van der Waals surface area contributed by atoms with E-state index in [0.29, 0.717) is 36.4 Å². The van der Waals surface area contributed by atoms with Gasteiger partial charge >= 0.3 is 0 Å². The molecule has 0 saturated carbocycles. The summed E-state index contributed by atoms with van der Waals surface area (Å²) in [6.07, 6.45) is 6.59. The fraction of sp³-hybridized carbons (Fsp3) is 0.552. The van der Waals surface area contributed by atoms with E-state index in [1.165, 1.54) is 5.56 Å². The van der Waals surface area contributed by atoms with Crippen LogP contribution in [-0.2, 0) is 6.42 Å². The first-order valence-electron chi connectivity index (χ1n) is 13.8. The number of nitrogens with zero attached hydrogens (tertiary/aromatic N) is 3. The molecule has 3 aliphatic heterocycles. The Bertz CT molecular complexity index is 1120. The molecule has 0 aliphatic carbocycles. The van der Waals surface area contributed by atoms with Crippen LogP contribution in [0.4, 0.5) is 5.82 Å². The van der Waals surface area contributed by atoms with Gasteiger partial charge in [0.05, 0.1) is 12.2 Å². The van der Waals surface area contributed by atoms with Gasteiger partial charge in [0.25, 0.3) is 11.8 Å². The summed E-state index contributed by atoms with van der Waals surface area (Å²) in [7, 11) is 0. The van der Waals surface area contributed by atoms with Gasteiger partial charge in [-0.2, -0.15) is 0 Å². The lowest BCUT2D eigenvalue weighted by Gasteiger charge is -2.40. The first-order valence-corrected chi connectivity index (χ1v) is 13.8. The summed E-state index contributed by atoms with van der Waals surface area (Å²) in [6, 6.07) is 8.64. The van der Waals surface area contributed by atoms with Crippen molar-refractivity contribution in [3.63, 3.8) is 0 Å². The lowest BCUT2D eigenvalue weighted by atomic mass is 9.96. The first-order chi connectivity index (χ1) is 18.0. The Hall–Kier alpha value is -3.13. The number of pyridine rings is 1. The maximum atomic E-state index is 13.1. The monoisotopic (exact) mass is 505 g/mol. The number of benzene rings is 1. The van der Waals surface area contributed by atoms with Crippen LogP contribution in [0.5, 0.6) is 5.75 Å². The van der Waals surface area contributed by atoms with Crippen LogP contribution < -0.4 is 20.3 Å². The molecule has 3 aliphatic rings. The molecular formula is C29H39N5O3. The van der Waals surface area contributed by atoms with Gasteiger partial charge in [-0.1, -0.05) is 19.9 Å². The predicted octanol–water partition coefficient (Wildman–Crippen LogP) is 3.33. The van der Waals surface area contributed by atoms with Crippen molar-refractivity contribution in [1.29, 1.82) is 0 Å². The maximum Gasteiger partial charge on any atom is 0.252 e. The second kappa shape index (κ2) is 11.1. The molecule has 2 bridgehead atoms. The molecule has 1 aromatic heterocycles. The number of hydrogen-bond donors (Lipinski definition) is 2. The molecule has 2 aromatic rings. The summed E-state index contributed by atoms with van der Waals surface area (Å²) >= 11 is 0. The van der Waals surface area contributed by atoms with E-state index in [1.807, 2.05) is 31.2 Å². The largest absolute Gasteiger partial charge is 0.493 e. The molecule has 0 spiro atoms. The number of rotatable bonds is 9. The van der Waals surface area contributed by atoms with E-state index in [4.69, 9.17) is 4.74 Å². The molecule has 0 radical (unpaired) electrons. The summed E-state index contributed by atoms with van der Waals surface area (Å²) in [6.45, 7) is 10.4. The van der Waals surface area contributed by atoms with Crippen molar-refractivity contribution in [2.24, 2.45) is 0 Å². The van der Waals surface area contributed by atoms with Gasteiger partial charge in [-0.25, -0.2) is 4.98 Å². The number of likely N-dealkylation sites (N-methyl/N-ethyl adjacent to an activating group) is 1. The van der Waals surface area contributed by atoms with Gasteiger partial charge in [-0.3, -0.25) is 9.59 Å². The number of nitrogens with one attached hydrogen (secondary N) is 2. The molecule has 8 heteroatoms. The molecule has 1 aromatic carbocycles. The summed E-state index contributed by atoms with van der Waals surface area (Å²) in [4.78, 5) is 35.0. The van der Waals surface area contributed by atoms with Gasteiger partial charge in [0.2, 0.25) is 0 Å². The molecule has 5 rings (SSSR count). The third kappa shape index (κ3) is 5.30. The van der Waals surface area contributed by atoms with Crippen LogP contribution in [0.2, 0.25) is 0 Å². The van der Waals surface area contributed by atoms with E-state index in [0.717, 1.165) is 68.9 Å². The standard InChI is InChI=1S/C29H39N5O3/c1-4-33(5-2)14-13-30-28(35)21-7-11-26(31-18-21)34-23-8-9-24(34)17-22(16-23)32-29(36)25-10-6-20-12-15-37-27(20)19(25)3/h6-7,10-11,18,22-24H,4-5,8-9,12-17H2,1-3H3,(H,30,35)(H,32,36)/t22?,23-,24+. The Balaban J connectivity index is 1.17. The fourth-order valence-corrected chi connectivity index (χ4v) is 6.23. The number of amides is 2. The zero-order valence-corrected chi connectivity index (χ0v) is 22.3. The van der Waals surface area contributed by atoms with Crippen LogP contribution in [0.1, 0.15) is 71.4 Å². The highest BCUT2D eigenvalue weighted by molar-refractivity contribution is 5.96. The van der Waals surface area contributed by atoms with Crippen LogP contribution >= 0.6 is 0 Å². The quantitative estimate of drug-likeness (QED) is 0.544. The molecule has 198 valence electrons. The van der Waals surface area contributed by atoms with Gasteiger partial charge in [0.15, 0.2) is 0 Å². The summed E-state index contributed by atoms with van der Waals surface area (Å²) < 4.78 is 5.76. The Morgan fingerprint density at radius 1 is 1.08 bits per heavy atom. The molecule has 4 heterocycles. The number of aromatic nitrogens is 1. The Morgan fingerprint density at radius 3 is 2.51 bits per heavy atom. The van der Waals surface area contributed by atoms with Crippen LogP contribution in [0.25, 0.3) is 0 Å². The Kier molecular flexibility index (Phi) is 7.65. The van der Waals surface area contributed by atoms with Crippen molar-refractivity contribution in [3.8, 4) is 5.75 Å². The number of carbonyl (C=O) groups is 2. The van der Waals surface area contributed by atoms with Crippen LogP contribution in [0, 0.1) is 6.92 Å². The number of ether oxygens (including phenoxy) is 1. The number of hydrogen-bond acceptors (Lipinski definition) is 6. The van der Waals surface area contributed by atoms with Crippen molar-refractivity contribution in [1.82, 2.24) is 20.5 Å². The van der Waals surface area contributed by atoms with E-state index in [1.54, 1.807) is 6.20 Å². The third-order valence-electron chi connectivity index (χ3n) is 8.30. The maximum absolute atomic E-state index is 13.1. The van der Waals surface area contributed by atoms with E-state index in [9.17, 15) is 9.59 Å². The second-order valence-electron chi connectivity index (χ2n) is 10.4. The van der Waals surface area contributed by atoms with Crippen LogP contribution in [0.3, 0.4) is 0 Å². The molecule has 2 N–H and O–H groups in total. The van der Waals surface area contributed by atoms with Gasteiger partial charge in [0, 0.05) is 55.0 Å². The van der Waals surface area contributed by atoms with Gasteiger partial charge in [-0.15, -0.1) is 0 Å². The summed E-state index contributed by atoms with van der Waals surface area (Å²) in [5, 5.41) is 6.30. The molecule has 8 nitrogen and oxygen atoms in total. The second-order valence-corrected chi connectivity index (χ2v) is 10.4. The van der Waals surface area contributed by atoms with E-state index >= 15 is 0 Å². The van der Waals surface area contributed by atoms with E-state index in [2.05, 4.69) is 39.3 Å². The Morgan fingerprint density at radius 2 is 1.84 bits per heavy atom. The minimum Gasteiger partial charge on any atom is -0.493 e. The average Bonchev–Trinajstić information content (AvgIpc) is 3.49. The number of anilines is 1. The highest BCUT2D eigenvalue weighted by atomic mass is 16.5. The highest BCUT2D eigenvalue weighted by Crippen LogP contribution is 2.39. The number of carbonyl (C=O) groups excluding carboxylic acids is 2. The van der Waals surface area contributed by atoms with Gasteiger partial charge in [0.1, 0.15) is 11.6 Å². The minimum absolute atomic E-state index is 0.0110. The molecule has 1 unspecified atom stereocenters. The van der Waals surface area contributed by atoms with E-state index in [-0.39, 0.29) is 17.9 Å². The van der Waals surface area contributed by atoms with Crippen LogP contribution in [0.15, 0.2) is 30.5 Å². The van der Waals surface area contributed by atoms with Crippen molar-refractivity contribution in [3.05, 3.63) is 52.7 Å². The van der Waals surface area contributed by atoms with Crippen molar-refractivity contribution >= 4 is 17.6 Å². The van der Waals surface area contributed by atoms with Crippen molar-refractivity contribution in [2.75, 3.05) is 37.7 Å². The summed E-state index contributed by atoms with van der Waals surface area (Å²) in [5.41, 5.74) is 3.43. The topological polar surface area (TPSA) is 86.8 Å². The molecule has 37 heavy (non-hydrogen) atoms. The highest BCUT2D eigenvalue weighted by Gasteiger charge is 2.42. The van der Waals surface area contributed by atoms with Gasteiger partial charge in [-0.05, 0) is 69.5 Å². The van der Waals surface area contributed by atoms with Crippen molar-refractivity contribution in [2.45, 2.75) is 71.0 Å². The Labute approximate surface area is 219 Å². The predicted molar refractivity (Wildman–Crippen MR) is 145 cm³/mol. The first kappa shape index (κ1) is 25.5. The fourth-order valence-electron chi connectivity index (χ4n) is 6.23. The van der Waals surface area contributed by atoms with Crippen molar-refractivity contribution < 1.29 is 14.3 Å². The lowest BCUT2D eigenvalue weighted by Crippen LogP contribution is -2.50. The van der Waals surface area contributed by atoms with Crippen LogP contribution in [-0.4, -0.2) is 72.6 Å². The molecular weight excluding hydrogens is 466 g/mol. The lowest BCUT2D eigenvalue weighted by molar-refractivity contribution is 0.0923. The molecule has 2 amide bonds. The normalized spacial score (nSPS) is 22.1. The molecule has 2 saturated heterocycles. The number of fused-ring (bicyclic) bond motifs is 3. The zero-order valence-electron chi connectivity index (χ0n) is 22.3. The minimum atomic E-state index is -0.0807. The summed E-state index contributed by atoms with van der Waals surface area (Å²) in [5.74, 6) is 1.71. The zero-order chi connectivity index (χ0) is 25.9. The molecule has 3 atom stereocenters. The smallest absolute Gasteiger partial charge is 0.252 e.